The van der Waals surface area contributed by atoms with Crippen LogP contribution in [-0.4, -0.2) is 18.1 Å². The van der Waals surface area contributed by atoms with Crippen LogP contribution in [0.15, 0.2) is 0 Å². The van der Waals surface area contributed by atoms with Gasteiger partial charge in [-0.2, -0.15) is 0 Å². The molecule has 0 aromatic carbocycles. The van der Waals surface area contributed by atoms with Gasteiger partial charge in [0.15, 0.2) is 0 Å². The molecule has 2 N–H and O–H groups in total. The van der Waals surface area contributed by atoms with Gasteiger partial charge in [0.2, 0.25) is 0 Å². The molecule has 1 atom stereocenters. The van der Waals surface area contributed by atoms with Crippen LogP contribution in [0.5, 0.6) is 0 Å². The van der Waals surface area contributed by atoms with Crippen molar-refractivity contribution in [3.05, 3.63) is 0 Å². The largest absolute Gasteiger partial charge is 0.464 e. The molecule has 0 radical (unpaired) electrons. The van der Waals surface area contributed by atoms with E-state index in [0.29, 0.717) is 12.5 Å². The highest BCUT2D eigenvalue weighted by Gasteiger charge is 2.35. The van der Waals surface area contributed by atoms with E-state index in [2.05, 4.69) is 13.8 Å². The van der Waals surface area contributed by atoms with Crippen molar-refractivity contribution < 1.29 is 9.53 Å². The van der Waals surface area contributed by atoms with Crippen molar-refractivity contribution in [2.24, 2.45) is 11.7 Å². The van der Waals surface area contributed by atoms with Crippen molar-refractivity contribution in [2.75, 3.05) is 6.61 Å². The van der Waals surface area contributed by atoms with Crippen LogP contribution < -0.4 is 5.73 Å². The third kappa shape index (κ3) is 4.66. The topological polar surface area (TPSA) is 52.3 Å². The molecule has 0 aromatic rings. The number of ether oxygens (including phenoxy) is 1. The molecule has 1 unspecified atom stereocenters. The van der Waals surface area contributed by atoms with Crippen molar-refractivity contribution in [2.45, 2.75) is 70.8 Å². The van der Waals surface area contributed by atoms with Gasteiger partial charge in [0, 0.05) is 0 Å². The first kappa shape index (κ1) is 14.5. The quantitative estimate of drug-likeness (QED) is 0.594. The monoisotopic (exact) mass is 241 g/mol. The second-order valence-corrected chi connectivity index (χ2v) is 5.56. The highest BCUT2D eigenvalue weighted by Crippen LogP contribution is 2.26. The number of esters is 1. The molecule has 0 bridgehead atoms. The molecule has 0 heterocycles. The molecule has 3 nitrogen and oxygen atoms in total. The first-order valence-electron chi connectivity index (χ1n) is 7.04. The summed E-state index contributed by atoms with van der Waals surface area (Å²) in [6.45, 7) is 4.78. The molecular weight excluding hydrogens is 214 g/mol. The minimum Gasteiger partial charge on any atom is -0.464 e. The summed E-state index contributed by atoms with van der Waals surface area (Å²) in [6, 6.07) is 0. The molecule has 0 spiro atoms. The van der Waals surface area contributed by atoms with Gasteiger partial charge < -0.3 is 10.5 Å². The van der Waals surface area contributed by atoms with Gasteiger partial charge in [-0.1, -0.05) is 46.0 Å². The van der Waals surface area contributed by atoms with E-state index in [0.717, 1.165) is 38.5 Å². The Kier molecular flexibility index (Phi) is 5.96. The molecule has 0 saturated heterocycles. The van der Waals surface area contributed by atoms with Crippen LogP contribution in [0.3, 0.4) is 0 Å². The SMILES string of the molecule is CCCC(C)COC(=O)C1(N)CCCCCC1. The van der Waals surface area contributed by atoms with Crippen molar-refractivity contribution in [3.63, 3.8) is 0 Å². The van der Waals surface area contributed by atoms with Crippen LogP contribution in [-0.2, 0) is 9.53 Å². The maximum atomic E-state index is 12.0. The average Bonchev–Trinajstić information content (AvgIpc) is 2.52. The molecule has 0 aliphatic heterocycles. The van der Waals surface area contributed by atoms with Crippen molar-refractivity contribution in [1.82, 2.24) is 0 Å². The molecule has 1 saturated carbocycles. The maximum absolute atomic E-state index is 12.0. The van der Waals surface area contributed by atoms with Crippen LogP contribution in [0.4, 0.5) is 0 Å². The summed E-state index contributed by atoms with van der Waals surface area (Å²) in [5, 5.41) is 0. The van der Waals surface area contributed by atoms with E-state index in [-0.39, 0.29) is 5.97 Å². The van der Waals surface area contributed by atoms with Crippen molar-refractivity contribution >= 4 is 5.97 Å². The van der Waals surface area contributed by atoms with Gasteiger partial charge in [0.25, 0.3) is 0 Å². The van der Waals surface area contributed by atoms with E-state index in [1.807, 2.05) is 0 Å². The second-order valence-electron chi connectivity index (χ2n) is 5.56. The smallest absolute Gasteiger partial charge is 0.326 e. The van der Waals surface area contributed by atoms with E-state index in [4.69, 9.17) is 10.5 Å². The molecule has 0 aromatic heterocycles. The van der Waals surface area contributed by atoms with Crippen LogP contribution in [0.2, 0.25) is 0 Å². The van der Waals surface area contributed by atoms with Crippen LogP contribution in [0, 0.1) is 5.92 Å². The molecule has 1 rings (SSSR count). The second kappa shape index (κ2) is 7.00. The van der Waals surface area contributed by atoms with Crippen LogP contribution in [0.1, 0.15) is 65.2 Å². The normalized spacial score (nSPS) is 21.6. The lowest BCUT2D eigenvalue weighted by Crippen LogP contribution is -2.48. The third-order valence-electron chi connectivity index (χ3n) is 3.68. The van der Waals surface area contributed by atoms with Crippen molar-refractivity contribution in [1.29, 1.82) is 0 Å². The number of nitrogens with two attached hydrogens (primary N) is 1. The fourth-order valence-corrected chi connectivity index (χ4v) is 2.50. The first-order chi connectivity index (χ1) is 8.08. The predicted octanol–water partition coefficient (Wildman–Crippen LogP) is 3.02. The first-order valence-corrected chi connectivity index (χ1v) is 7.04. The number of hydrogen-bond donors (Lipinski definition) is 1. The molecule has 1 fully saturated rings. The van der Waals surface area contributed by atoms with E-state index in [9.17, 15) is 4.79 Å². The lowest BCUT2D eigenvalue weighted by molar-refractivity contribution is -0.152. The van der Waals surface area contributed by atoms with E-state index in [1.165, 1.54) is 12.8 Å². The minimum absolute atomic E-state index is 0.178. The Morgan fingerprint density at radius 1 is 1.29 bits per heavy atom. The average molecular weight is 241 g/mol. The standard InChI is InChI=1S/C14H27NO2/c1-3-8-12(2)11-17-13(16)14(15)9-6-4-5-7-10-14/h12H,3-11,15H2,1-2H3. The zero-order chi connectivity index (χ0) is 12.7. The number of carbonyl (C=O) groups is 1. The Morgan fingerprint density at radius 2 is 1.88 bits per heavy atom. The third-order valence-corrected chi connectivity index (χ3v) is 3.68. The van der Waals surface area contributed by atoms with Gasteiger partial charge >= 0.3 is 5.97 Å². The molecule has 100 valence electrons. The highest BCUT2D eigenvalue weighted by molar-refractivity contribution is 5.80. The molecular formula is C14H27NO2. The van der Waals surface area contributed by atoms with Gasteiger partial charge in [-0.25, -0.2) is 0 Å². The van der Waals surface area contributed by atoms with E-state index in [1.54, 1.807) is 0 Å². The van der Waals surface area contributed by atoms with Gasteiger partial charge in [-0.05, 0) is 25.2 Å². The van der Waals surface area contributed by atoms with Crippen LogP contribution >= 0.6 is 0 Å². The molecule has 17 heavy (non-hydrogen) atoms. The number of rotatable bonds is 5. The lowest BCUT2D eigenvalue weighted by Gasteiger charge is -2.26. The Hall–Kier alpha value is -0.570. The Labute approximate surface area is 105 Å². The Morgan fingerprint density at radius 3 is 2.41 bits per heavy atom. The predicted molar refractivity (Wildman–Crippen MR) is 69.7 cm³/mol. The van der Waals surface area contributed by atoms with Gasteiger partial charge in [-0.3, -0.25) is 4.79 Å². The zero-order valence-electron chi connectivity index (χ0n) is 11.3. The zero-order valence-corrected chi connectivity index (χ0v) is 11.3. The summed E-state index contributed by atoms with van der Waals surface area (Å²) in [6.07, 6.45) is 8.29. The Bertz CT molecular complexity index is 232. The Balaban J connectivity index is 2.39. The molecule has 0 amide bonds. The van der Waals surface area contributed by atoms with E-state index < -0.39 is 5.54 Å². The lowest BCUT2D eigenvalue weighted by atomic mass is 9.91. The highest BCUT2D eigenvalue weighted by atomic mass is 16.5. The van der Waals surface area contributed by atoms with Crippen LogP contribution in [0.25, 0.3) is 0 Å². The van der Waals surface area contributed by atoms with Gasteiger partial charge in [0.1, 0.15) is 5.54 Å². The van der Waals surface area contributed by atoms with Gasteiger partial charge in [0.05, 0.1) is 6.61 Å². The summed E-state index contributed by atoms with van der Waals surface area (Å²) >= 11 is 0. The fraction of sp³-hybridized carbons (Fsp3) is 0.929. The fourth-order valence-electron chi connectivity index (χ4n) is 2.50. The number of hydrogen-bond acceptors (Lipinski definition) is 3. The summed E-state index contributed by atoms with van der Waals surface area (Å²) < 4.78 is 5.39. The summed E-state index contributed by atoms with van der Waals surface area (Å²) in [4.78, 5) is 12.0. The summed E-state index contributed by atoms with van der Waals surface area (Å²) in [5.74, 6) is 0.265. The van der Waals surface area contributed by atoms with Gasteiger partial charge in [-0.15, -0.1) is 0 Å². The van der Waals surface area contributed by atoms with E-state index >= 15 is 0 Å². The summed E-state index contributed by atoms with van der Waals surface area (Å²) in [5.41, 5.74) is 5.48. The molecule has 3 heteroatoms. The van der Waals surface area contributed by atoms with Crippen molar-refractivity contribution in [3.8, 4) is 0 Å². The molecule has 1 aliphatic rings. The summed E-state index contributed by atoms with van der Waals surface area (Å²) in [7, 11) is 0. The maximum Gasteiger partial charge on any atom is 0.326 e. The minimum atomic E-state index is -0.706. The molecule has 1 aliphatic carbocycles. The number of carbonyl (C=O) groups excluding carboxylic acids is 1.